The highest BCUT2D eigenvalue weighted by molar-refractivity contribution is 5.24. The van der Waals surface area contributed by atoms with Gasteiger partial charge in [-0.25, -0.2) is 13.2 Å². The second kappa shape index (κ2) is 5.57. The summed E-state index contributed by atoms with van der Waals surface area (Å²) in [5.41, 5.74) is 0.873. The van der Waals surface area contributed by atoms with E-state index in [2.05, 4.69) is 0 Å². The Kier molecular flexibility index (Phi) is 4.07. The summed E-state index contributed by atoms with van der Waals surface area (Å²) < 4.78 is 39.3. The number of allylic oxidation sites excluding steroid dienone is 1. The topological polar surface area (TPSA) is 20.2 Å². The van der Waals surface area contributed by atoms with Crippen molar-refractivity contribution in [3.8, 4) is 0 Å². The number of halogens is 3. The monoisotopic (exact) mass is 256 g/mol. The van der Waals surface area contributed by atoms with E-state index in [0.29, 0.717) is 0 Å². The average Bonchev–Trinajstić information content (AvgIpc) is 2.37. The molecule has 1 nitrogen and oxygen atoms in total. The second-order valence-electron chi connectivity index (χ2n) is 4.59. The molecule has 1 aliphatic carbocycles. The van der Waals surface area contributed by atoms with E-state index in [1.54, 1.807) is 0 Å². The first-order valence-corrected chi connectivity index (χ1v) is 6.09. The standard InChI is InChI=1S/C14H15F3O/c15-11-7-6-10(13(16)14(11)17)12(18)8-9-4-2-1-3-5-9/h4,6-7,12,18H,1-3,5,8H2. The summed E-state index contributed by atoms with van der Waals surface area (Å²) in [5.74, 6) is -4.05. The first kappa shape index (κ1) is 13.1. The van der Waals surface area contributed by atoms with E-state index in [1.165, 1.54) is 0 Å². The van der Waals surface area contributed by atoms with E-state index in [4.69, 9.17) is 0 Å². The van der Waals surface area contributed by atoms with Crippen LogP contribution in [0.1, 0.15) is 43.8 Å². The molecule has 0 saturated heterocycles. The van der Waals surface area contributed by atoms with Crippen LogP contribution in [0.15, 0.2) is 23.8 Å². The van der Waals surface area contributed by atoms with Gasteiger partial charge in [-0.05, 0) is 38.2 Å². The molecule has 0 fully saturated rings. The van der Waals surface area contributed by atoms with Crippen molar-refractivity contribution in [1.29, 1.82) is 0 Å². The molecule has 0 saturated carbocycles. The van der Waals surface area contributed by atoms with Gasteiger partial charge in [0.1, 0.15) is 0 Å². The summed E-state index contributed by atoms with van der Waals surface area (Å²) in [6.07, 6.45) is 5.21. The molecule has 0 amide bonds. The third kappa shape index (κ3) is 2.75. The highest BCUT2D eigenvalue weighted by Gasteiger charge is 2.20. The van der Waals surface area contributed by atoms with Crippen molar-refractivity contribution in [3.05, 3.63) is 46.8 Å². The molecular formula is C14H15F3O. The van der Waals surface area contributed by atoms with Crippen molar-refractivity contribution in [2.45, 2.75) is 38.2 Å². The maximum atomic E-state index is 13.5. The van der Waals surface area contributed by atoms with E-state index in [9.17, 15) is 18.3 Å². The first-order chi connectivity index (χ1) is 8.59. The minimum absolute atomic E-state index is 0.180. The van der Waals surface area contributed by atoms with Crippen LogP contribution in [0.5, 0.6) is 0 Å². The van der Waals surface area contributed by atoms with Gasteiger partial charge >= 0.3 is 0 Å². The van der Waals surface area contributed by atoms with Gasteiger partial charge < -0.3 is 5.11 Å². The lowest BCUT2D eigenvalue weighted by atomic mass is 9.93. The van der Waals surface area contributed by atoms with Gasteiger partial charge in [0.2, 0.25) is 0 Å². The second-order valence-corrected chi connectivity index (χ2v) is 4.59. The van der Waals surface area contributed by atoms with Crippen LogP contribution in [-0.4, -0.2) is 5.11 Å². The molecule has 0 radical (unpaired) electrons. The molecule has 0 aliphatic heterocycles. The fraction of sp³-hybridized carbons (Fsp3) is 0.429. The van der Waals surface area contributed by atoms with Crippen molar-refractivity contribution >= 4 is 0 Å². The Labute approximate surface area is 104 Å². The molecule has 1 aromatic carbocycles. The Balaban J connectivity index is 2.16. The molecule has 1 N–H and O–H groups in total. The zero-order chi connectivity index (χ0) is 13.1. The van der Waals surface area contributed by atoms with E-state index >= 15 is 0 Å². The Morgan fingerprint density at radius 3 is 2.56 bits per heavy atom. The Bertz CT molecular complexity index is 468. The normalized spacial score (nSPS) is 17.4. The molecule has 0 bridgehead atoms. The van der Waals surface area contributed by atoms with Crippen LogP contribution in [0.3, 0.4) is 0 Å². The number of aliphatic hydroxyl groups is 1. The molecule has 0 spiro atoms. The molecule has 0 aromatic heterocycles. The molecular weight excluding hydrogens is 241 g/mol. The highest BCUT2D eigenvalue weighted by atomic mass is 19.2. The van der Waals surface area contributed by atoms with Crippen molar-refractivity contribution in [1.82, 2.24) is 0 Å². The maximum absolute atomic E-state index is 13.5. The zero-order valence-corrected chi connectivity index (χ0v) is 9.93. The van der Waals surface area contributed by atoms with E-state index in [1.807, 2.05) is 6.08 Å². The molecule has 1 unspecified atom stereocenters. The summed E-state index contributed by atoms with van der Waals surface area (Å²) in [6.45, 7) is 0. The molecule has 0 heterocycles. The van der Waals surface area contributed by atoms with E-state index in [0.717, 1.165) is 43.4 Å². The molecule has 1 atom stereocenters. The van der Waals surface area contributed by atoms with Gasteiger partial charge in [-0.15, -0.1) is 0 Å². The third-order valence-corrected chi connectivity index (χ3v) is 3.26. The Morgan fingerprint density at radius 1 is 1.11 bits per heavy atom. The van der Waals surface area contributed by atoms with E-state index in [-0.39, 0.29) is 12.0 Å². The molecule has 18 heavy (non-hydrogen) atoms. The van der Waals surface area contributed by atoms with Crippen molar-refractivity contribution in [3.63, 3.8) is 0 Å². The molecule has 98 valence electrons. The van der Waals surface area contributed by atoms with Crippen LogP contribution in [0.25, 0.3) is 0 Å². The summed E-state index contributed by atoms with van der Waals surface area (Å²) in [4.78, 5) is 0. The summed E-state index contributed by atoms with van der Waals surface area (Å²) >= 11 is 0. The largest absolute Gasteiger partial charge is 0.388 e. The Morgan fingerprint density at radius 2 is 1.89 bits per heavy atom. The van der Waals surface area contributed by atoms with Gasteiger partial charge in [-0.1, -0.05) is 17.7 Å². The maximum Gasteiger partial charge on any atom is 0.194 e. The van der Waals surface area contributed by atoms with Crippen LogP contribution in [-0.2, 0) is 0 Å². The van der Waals surface area contributed by atoms with Gasteiger partial charge in [0.15, 0.2) is 17.5 Å². The molecule has 1 aliphatic rings. The lowest BCUT2D eigenvalue weighted by Crippen LogP contribution is -2.06. The smallest absolute Gasteiger partial charge is 0.194 e. The molecule has 2 rings (SSSR count). The minimum atomic E-state index is -1.52. The SMILES string of the molecule is OC(CC1=CCCCC1)c1ccc(F)c(F)c1F. The first-order valence-electron chi connectivity index (χ1n) is 6.09. The number of rotatable bonds is 3. The number of hydrogen-bond acceptors (Lipinski definition) is 1. The highest BCUT2D eigenvalue weighted by Crippen LogP contribution is 2.29. The fourth-order valence-electron chi connectivity index (χ4n) is 2.25. The van der Waals surface area contributed by atoms with E-state index < -0.39 is 23.6 Å². The van der Waals surface area contributed by atoms with Gasteiger partial charge in [0.05, 0.1) is 6.10 Å². The summed E-state index contributed by atoms with van der Waals surface area (Å²) in [5, 5.41) is 9.90. The quantitative estimate of drug-likeness (QED) is 0.639. The number of aliphatic hydroxyl groups excluding tert-OH is 1. The third-order valence-electron chi connectivity index (χ3n) is 3.26. The average molecular weight is 256 g/mol. The van der Waals surface area contributed by atoms with Crippen molar-refractivity contribution in [2.24, 2.45) is 0 Å². The minimum Gasteiger partial charge on any atom is -0.388 e. The predicted octanol–water partition coefficient (Wildman–Crippen LogP) is 4.03. The molecule has 1 aromatic rings. The zero-order valence-electron chi connectivity index (χ0n) is 9.93. The van der Waals surface area contributed by atoms with Crippen molar-refractivity contribution < 1.29 is 18.3 Å². The molecule has 4 heteroatoms. The van der Waals surface area contributed by atoms with Gasteiger partial charge in [0, 0.05) is 5.56 Å². The predicted molar refractivity (Wildman–Crippen MR) is 62.4 cm³/mol. The summed E-state index contributed by atoms with van der Waals surface area (Å²) in [6, 6.07) is 1.94. The Hall–Kier alpha value is -1.29. The van der Waals surface area contributed by atoms with Crippen LogP contribution in [0.4, 0.5) is 13.2 Å². The van der Waals surface area contributed by atoms with Crippen LogP contribution in [0.2, 0.25) is 0 Å². The van der Waals surface area contributed by atoms with Crippen molar-refractivity contribution in [2.75, 3.05) is 0 Å². The van der Waals surface area contributed by atoms with Gasteiger partial charge in [-0.2, -0.15) is 0 Å². The summed E-state index contributed by atoms with van der Waals surface area (Å²) in [7, 11) is 0. The van der Waals surface area contributed by atoms with Gasteiger partial charge in [-0.3, -0.25) is 0 Å². The van der Waals surface area contributed by atoms with Crippen LogP contribution >= 0.6 is 0 Å². The number of benzene rings is 1. The lowest BCUT2D eigenvalue weighted by molar-refractivity contribution is 0.170. The number of hydrogen-bond donors (Lipinski definition) is 1. The van der Waals surface area contributed by atoms with Crippen LogP contribution in [0, 0.1) is 17.5 Å². The van der Waals surface area contributed by atoms with Crippen LogP contribution < -0.4 is 0 Å². The van der Waals surface area contributed by atoms with Gasteiger partial charge in [0.25, 0.3) is 0 Å². The fourth-order valence-corrected chi connectivity index (χ4v) is 2.25. The lowest BCUT2D eigenvalue weighted by Gasteiger charge is -2.17.